The number of hydrogen-bond acceptors (Lipinski definition) is 4. The van der Waals surface area contributed by atoms with E-state index in [9.17, 15) is 20.4 Å². The van der Waals surface area contributed by atoms with Crippen LogP contribution in [0.4, 0.5) is 0 Å². The molecule has 8 rings (SSSR count). The Hall–Kier alpha value is -4.32. The first kappa shape index (κ1) is 23.6. The highest BCUT2D eigenvalue weighted by molar-refractivity contribution is 6.14. The van der Waals surface area contributed by atoms with Gasteiger partial charge in [0.05, 0.1) is 0 Å². The average Bonchev–Trinajstić information content (AvgIpc) is 3.01. The Kier molecular flexibility index (Phi) is 5.06. The summed E-state index contributed by atoms with van der Waals surface area (Å²) in [7, 11) is 0. The van der Waals surface area contributed by atoms with E-state index in [-0.39, 0.29) is 0 Å². The molecule has 0 heterocycles. The third-order valence-corrected chi connectivity index (χ3v) is 8.70. The predicted molar refractivity (Wildman–Crippen MR) is 156 cm³/mol. The van der Waals surface area contributed by atoms with Crippen molar-refractivity contribution in [2.75, 3.05) is 0 Å². The van der Waals surface area contributed by atoms with Gasteiger partial charge in [-0.1, -0.05) is 84.9 Å². The van der Waals surface area contributed by atoms with Gasteiger partial charge in [-0.25, -0.2) is 0 Å². The molecule has 0 saturated carbocycles. The van der Waals surface area contributed by atoms with E-state index < -0.39 is 24.4 Å². The molecule has 4 unspecified atom stereocenters. The first-order valence-corrected chi connectivity index (χ1v) is 13.5. The van der Waals surface area contributed by atoms with Gasteiger partial charge in [0.1, 0.15) is 24.4 Å². The first-order chi connectivity index (χ1) is 19.5. The smallest absolute Gasteiger partial charge is 0.105 e. The van der Waals surface area contributed by atoms with E-state index in [1.165, 1.54) is 0 Å². The van der Waals surface area contributed by atoms with Gasteiger partial charge < -0.3 is 20.4 Å². The van der Waals surface area contributed by atoms with Crippen molar-refractivity contribution in [2.45, 2.75) is 24.4 Å². The minimum Gasteiger partial charge on any atom is -0.384 e. The SMILES string of the molecule is OC(c1ccccc1)c1cc2c3c4c(ccc3c1)C(O)c1cc(C(O)c3ccccc3)cc3ccc(c-4c13)C2O. The van der Waals surface area contributed by atoms with Crippen molar-refractivity contribution >= 4 is 21.5 Å². The monoisotopic (exact) mass is 522 g/mol. The van der Waals surface area contributed by atoms with E-state index in [1.54, 1.807) is 0 Å². The normalized spacial score (nSPS) is 18.3. The van der Waals surface area contributed by atoms with E-state index in [0.29, 0.717) is 11.1 Å². The van der Waals surface area contributed by atoms with Crippen LogP contribution in [0.2, 0.25) is 0 Å². The molecule has 0 radical (unpaired) electrons. The molecule has 4 nitrogen and oxygen atoms in total. The van der Waals surface area contributed by atoms with Gasteiger partial charge in [-0.15, -0.1) is 0 Å². The fraction of sp³-hybridized carbons (Fsp3) is 0.111. The van der Waals surface area contributed by atoms with Gasteiger partial charge in [0.15, 0.2) is 0 Å². The highest BCUT2D eigenvalue weighted by Gasteiger charge is 2.36. The van der Waals surface area contributed by atoms with Gasteiger partial charge in [-0.05, 0) is 101 Å². The molecule has 2 aliphatic rings. The minimum absolute atomic E-state index is 0.716. The molecule has 0 fully saturated rings. The summed E-state index contributed by atoms with van der Waals surface area (Å²) < 4.78 is 0. The van der Waals surface area contributed by atoms with Crippen LogP contribution < -0.4 is 0 Å². The molecule has 0 aliphatic heterocycles. The predicted octanol–water partition coefficient (Wildman–Crippen LogP) is 6.61. The molecule has 2 aliphatic carbocycles. The van der Waals surface area contributed by atoms with E-state index in [1.807, 2.05) is 109 Å². The molecular formula is C36H26O4. The molecule has 0 saturated heterocycles. The third-order valence-electron chi connectivity index (χ3n) is 8.70. The summed E-state index contributed by atoms with van der Waals surface area (Å²) in [5, 5.41) is 49.5. The number of aliphatic hydroxyl groups is 4. The number of benzene rings is 6. The Morgan fingerprint density at radius 1 is 0.425 bits per heavy atom. The molecule has 0 spiro atoms. The van der Waals surface area contributed by atoms with Crippen molar-refractivity contribution < 1.29 is 20.4 Å². The van der Waals surface area contributed by atoms with E-state index >= 15 is 0 Å². The minimum atomic E-state index is -0.884. The largest absolute Gasteiger partial charge is 0.384 e. The van der Waals surface area contributed by atoms with Crippen molar-refractivity contribution in [3.63, 3.8) is 0 Å². The van der Waals surface area contributed by atoms with Crippen LogP contribution in [0.1, 0.15) is 68.9 Å². The van der Waals surface area contributed by atoms with Gasteiger partial charge >= 0.3 is 0 Å². The summed E-state index contributed by atoms with van der Waals surface area (Å²) in [5.74, 6) is 0. The maximum absolute atomic E-state index is 11.7. The molecule has 194 valence electrons. The summed E-state index contributed by atoms with van der Waals surface area (Å²) in [6.07, 6.45) is -3.42. The summed E-state index contributed by atoms with van der Waals surface area (Å²) in [6, 6.07) is 34.6. The maximum atomic E-state index is 11.7. The summed E-state index contributed by atoms with van der Waals surface area (Å²) in [6.45, 7) is 0. The zero-order valence-corrected chi connectivity index (χ0v) is 21.5. The van der Waals surface area contributed by atoms with Crippen molar-refractivity contribution in [3.05, 3.63) is 154 Å². The molecule has 4 heteroatoms. The van der Waals surface area contributed by atoms with Crippen molar-refractivity contribution in [1.82, 2.24) is 0 Å². The molecule has 0 aromatic heterocycles. The lowest BCUT2D eigenvalue weighted by molar-refractivity contribution is 0.211. The second kappa shape index (κ2) is 8.59. The summed E-state index contributed by atoms with van der Waals surface area (Å²) >= 11 is 0. The molecule has 6 aromatic carbocycles. The van der Waals surface area contributed by atoms with Gasteiger partial charge in [0, 0.05) is 0 Å². The Morgan fingerprint density at radius 3 is 1.23 bits per heavy atom. The topological polar surface area (TPSA) is 80.9 Å². The zero-order valence-electron chi connectivity index (χ0n) is 21.5. The van der Waals surface area contributed by atoms with E-state index in [0.717, 1.165) is 66.1 Å². The zero-order chi connectivity index (χ0) is 27.1. The molecule has 0 amide bonds. The van der Waals surface area contributed by atoms with Gasteiger partial charge in [-0.3, -0.25) is 0 Å². The van der Waals surface area contributed by atoms with Crippen molar-refractivity contribution in [1.29, 1.82) is 0 Å². The van der Waals surface area contributed by atoms with Crippen molar-refractivity contribution in [3.8, 4) is 11.1 Å². The average molecular weight is 523 g/mol. The molecule has 4 atom stereocenters. The molecule has 0 bridgehead atoms. The Labute approximate surface area is 231 Å². The Bertz CT molecular complexity index is 1820. The molecule has 6 aromatic rings. The second-order valence-corrected chi connectivity index (χ2v) is 10.9. The fourth-order valence-corrected chi connectivity index (χ4v) is 6.81. The van der Waals surface area contributed by atoms with Crippen LogP contribution in [0.3, 0.4) is 0 Å². The lowest BCUT2D eigenvalue weighted by atomic mass is 9.71. The number of aliphatic hydroxyl groups excluding tert-OH is 4. The van der Waals surface area contributed by atoms with Crippen LogP contribution in [0.5, 0.6) is 0 Å². The van der Waals surface area contributed by atoms with Crippen LogP contribution in [0, 0.1) is 0 Å². The van der Waals surface area contributed by atoms with Crippen molar-refractivity contribution in [2.24, 2.45) is 0 Å². The first-order valence-electron chi connectivity index (χ1n) is 13.5. The fourth-order valence-electron chi connectivity index (χ4n) is 6.81. The summed E-state index contributed by atoms with van der Waals surface area (Å²) in [5.41, 5.74) is 7.92. The van der Waals surface area contributed by atoms with Crippen LogP contribution in [0.15, 0.2) is 109 Å². The quantitative estimate of drug-likeness (QED) is 0.210. The van der Waals surface area contributed by atoms with Crippen LogP contribution in [-0.2, 0) is 0 Å². The molecular weight excluding hydrogens is 496 g/mol. The summed E-state index contributed by atoms with van der Waals surface area (Å²) in [4.78, 5) is 0. The van der Waals surface area contributed by atoms with Crippen LogP contribution >= 0.6 is 0 Å². The molecule has 4 N–H and O–H groups in total. The highest BCUT2D eigenvalue weighted by Crippen LogP contribution is 2.55. The van der Waals surface area contributed by atoms with Gasteiger partial charge in [0.25, 0.3) is 0 Å². The van der Waals surface area contributed by atoms with E-state index in [2.05, 4.69) is 0 Å². The maximum Gasteiger partial charge on any atom is 0.105 e. The standard InChI is InChI=1S/C36H26O4/c37-33(19-7-3-1-4-8-19)23-15-21-11-13-26-31-29(21)27(17-23)35(39)25-14-12-22-16-24(34(38)20-9-5-2-6-10-20)18-28(36(26)40)30(22)32(25)31/h1-18,33-40H. The number of hydrogen-bond donors (Lipinski definition) is 4. The Balaban J connectivity index is 1.37. The van der Waals surface area contributed by atoms with Crippen LogP contribution in [0.25, 0.3) is 32.7 Å². The lowest BCUT2D eigenvalue weighted by Gasteiger charge is -2.35. The third kappa shape index (κ3) is 3.22. The lowest BCUT2D eigenvalue weighted by Crippen LogP contribution is -2.17. The Morgan fingerprint density at radius 2 is 0.825 bits per heavy atom. The highest BCUT2D eigenvalue weighted by atomic mass is 16.3. The molecule has 40 heavy (non-hydrogen) atoms. The van der Waals surface area contributed by atoms with Crippen LogP contribution in [-0.4, -0.2) is 20.4 Å². The second-order valence-electron chi connectivity index (χ2n) is 10.9. The van der Waals surface area contributed by atoms with Gasteiger partial charge in [-0.2, -0.15) is 0 Å². The van der Waals surface area contributed by atoms with Gasteiger partial charge in [0.2, 0.25) is 0 Å². The van der Waals surface area contributed by atoms with E-state index in [4.69, 9.17) is 0 Å². The number of rotatable bonds is 4.